The van der Waals surface area contributed by atoms with E-state index in [1.807, 2.05) is 13.8 Å². The van der Waals surface area contributed by atoms with Crippen molar-refractivity contribution in [3.63, 3.8) is 0 Å². The van der Waals surface area contributed by atoms with Gasteiger partial charge in [-0.25, -0.2) is 0 Å². The first-order valence-corrected chi connectivity index (χ1v) is 23.4. The van der Waals surface area contributed by atoms with Crippen molar-refractivity contribution >= 4 is 43.5 Å². The Morgan fingerprint density at radius 3 is 2.30 bits per heavy atom. The number of hydrogen-bond acceptors (Lipinski definition) is 11. The molecule has 6 rings (SSSR count). The first-order valence-electron chi connectivity index (χ1n) is 20.9. The van der Waals surface area contributed by atoms with Crippen LogP contribution in [0, 0.1) is 5.92 Å². The topological polar surface area (TPSA) is 237 Å². The fraction of sp³-hybridized carbons (Fsp3) is 0.477. The Hall–Kier alpha value is -5.17. The quantitative estimate of drug-likeness (QED) is 0.123. The average Bonchev–Trinajstić information content (AvgIpc) is 3.53. The van der Waals surface area contributed by atoms with Crippen molar-refractivity contribution in [2.24, 2.45) is 11.7 Å². The molecule has 0 aliphatic carbocycles. The van der Waals surface area contributed by atoms with Gasteiger partial charge in [0.05, 0.1) is 25.8 Å². The highest BCUT2D eigenvalue weighted by atomic mass is 28.4. The van der Waals surface area contributed by atoms with Crippen LogP contribution in [0.4, 0.5) is 5.69 Å². The number of amides is 5. The minimum atomic E-state index is -2.94. The van der Waals surface area contributed by atoms with Crippen molar-refractivity contribution in [1.29, 1.82) is 0 Å². The van der Waals surface area contributed by atoms with Crippen molar-refractivity contribution in [1.82, 2.24) is 16.0 Å². The minimum absolute atomic E-state index is 0.0429. The van der Waals surface area contributed by atoms with Crippen LogP contribution in [0.25, 0.3) is 11.1 Å². The highest BCUT2D eigenvalue weighted by Gasteiger charge is 2.68. The van der Waals surface area contributed by atoms with E-state index in [0.717, 1.165) is 18.1 Å². The summed E-state index contributed by atoms with van der Waals surface area (Å²) in [5, 5.41) is 36.2. The first-order chi connectivity index (χ1) is 29.1. The fourth-order valence-corrected chi connectivity index (χ4v) is 11.2. The predicted molar refractivity (Wildman–Crippen MR) is 227 cm³/mol. The molecule has 1 unspecified atom stereocenters. The second kappa shape index (κ2) is 18.4. The summed E-state index contributed by atoms with van der Waals surface area (Å²) in [6.07, 6.45) is -2.33. The van der Waals surface area contributed by atoms with Crippen LogP contribution in [-0.2, 0) is 49.9 Å². The summed E-state index contributed by atoms with van der Waals surface area (Å²) in [6.45, 7) is 9.57. The number of methoxy groups -OCH3 is 1. The van der Waals surface area contributed by atoms with Gasteiger partial charge in [0.15, 0.2) is 14.6 Å². The molecule has 8 N–H and O–H groups in total. The van der Waals surface area contributed by atoms with Gasteiger partial charge in [0, 0.05) is 23.1 Å². The van der Waals surface area contributed by atoms with Crippen LogP contribution in [0.15, 0.2) is 66.7 Å². The van der Waals surface area contributed by atoms with E-state index in [2.05, 4.69) is 42.0 Å². The maximum absolute atomic E-state index is 14.4. The number of anilines is 1. The number of para-hydroxylation sites is 1. The van der Waals surface area contributed by atoms with E-state index in [0.29, 0.717) is 34.4 Å². The molecule has 3 aliphatic heterocycles. The van der Waals surface area contributed by atoms with E-state index in [-0.39, 0.29) is 23.6 Å². The number of hydrogen-bond donors (Lipinski definition) is 7. The number of nitrogens with two attached hydrogens (primary N) is 1. The Morgan fingerprint density at radius 1 is 0.967 bits per heavy atom. The highest BCUT2D eigenvalue weighted by molar-refractivity contribution is 6.73. The molecule has 1 saturated heterocycles. The van der Waals surface area contributed by atoms with Gasteiger partial charge in [-0.15, -0.1) is 0 Å². The number of carbonyl (C=O) groups excluding carboxylic acids is 5. The van der Waals surface area contributed by atoms with Gasteiger partial charge in [-0.1, -0.05) is 95.6 Å². The largest absolute Gasteiger partial charge is 0.497 e. The van der Waals surface area contributed by atoms with Crippen LogP contribution < -0.4 is 31.7 Å². The fourth-order valence-electron chi connectivity index (χ4n) is 8.32. The average molecular weight is 860 g/mol. The third-order valence-electron chi connectivity index (χ3n) is 12.5. The summed E-state index contributed by atoms with van der Waals surface area (Å²) >= 11 is 0. The standard InChI is InChI=1S/C44H57N5O11Si/c1-7-25(5)37(60-61(8-2,9-3)10-4)40(53)47-32-22-26-13-11-14-28(21-26)30-15-12-16-31-36(30)49-42(54)43(31,55)44(56)34(48-39(52)33(23-35(45)50)46-38(32)51)24-58-41(59-44)27-17-19-29(57-6)20-18-27/h11-21,25,32-34,37,41,55-56H,7-10,22-24H2,1-6H3,(H2,45,50)(H,46,51)(H,47,53)(H,48,52)(H,49,54)/t25-,32-,33-,34+,37-,41?,43+,44+/m0/s1. The minimum Gasteiger partial charge on any atom is -0.497 e. The van der Waals surface area contributed by atoms with Crippen LogP contribution in [0.2, 0.25) is 18.1 Å². The molecule has 16 nitrogen and oxygen atoms in total. The molecule has 0 spiro atoms. The Kier molecular flexibility index (Phi) is 13.7. The summed E-state index contributed by atoms with van der Waals surface area (Å²) < 4.78 is 24.2. The highest BCUT2D eigenvalue weighted by Crippen LogP contribution is 2.51. The number of nitrogens with one attached hydrogen (secondary N) is 4. The normalized spacial score (nSPS) is 26.2. The van der Waals surface area contributed by atoms with E-state index >= 15 is 0 Å². The number of primary amides is 1. The monoisotopic (exact) mass is 859 g/mol. The van der Waals surface area contributed by atoms with Crippen LogP contribution in [0.5, 0.6) is 5.75 Å². The molecule has 0 aromatic heterocycles. The number of rotatable bonds is 13. The molecule has 3 aliphatic rings. The van der Waals surface area contributed by atoms with Crippen molar-refractivity contribution in [3.05, 3.63) is 83.4 Å². The molecule has 3 aromatic rings. The zero-order valence-corrected chi connectivity index (χ0v) is 36.4. The van der Waals surface area contributed by atoms with Crippen molar-refractivity contribution < 1.29 is 52.8 Å². The number of carbonyl (C=O) groups is 5. The van der Waals surface area contributed by atoms with Crippen LogP contribution >= 0.6 is 0 Å². The van der Waals surface area contributed by atoms with Crippen LogP contribution in [0.3, 0.4) is 0 Å². The molecule has 61 heavy (non-hydrogen) atoms. The van der Waals surface area contributed by atoms with Gasteiger partial charge in [0.25, 0.3) is 5.91 Å². The Labute approximate surface area is 356 Å². The Bertz CT molecular complexity index is 2130. The maximum Gasteiger partial charge on any atom is 0.266 e. The second-order valence-electron chi connectivity index (χ2n) is 16.1. The Morgan fingerprint density at radius 2 is 1.66 bits per heavy atom. The summed E-state index contributed by atoms with van der Waals surface area (Å²) in [4.78, 5) is 69.7. The van der Waals surface area contributed by atoms with Gasteiger partial charge in [-0.2, -0.15) is 0 Å². The summed E-state index contributed by atoms with van der Waals surface area (Å²) in [5.74, 6) is -6.91. The van der Waals surface area contributed by atoms with Gasteiger partial charge < -0.3 is 55.9 Å². The molecular formula is C44H57N5O11Si. The lowest BCUT2D eigenvalue weighted by Gasteiger charge is -2.49. The third-order valence-corrected chi connectivity index (χ3v) is 17.1. The van der Waals surface area contributed by atoms with Crippen molar-refractivity contribution in [2.75, 3.05) is 19.0 Å². The molecule has 8 atom stereocenters. The molecule has 17 heteroatoms. The molecular weight excluding hydrogens is 803 g/mol. The van der Waals surface area contributed by atoms with Gasteiger partial charge in [0.2, 0.25) is 35.0 Å². The summed E-state index contributed by atoms with van der Waals surface area (Å²) in [6, 6.07) is 16.1. The summed E-state index contributed by atoms with van der Waals surface area (Å²) in [5.41, 5.74) is 4.91. The molecule has 3 heterocycles. The Balaban J connectivity index is 1.46. The first kappa shape index (κ1) is 45.4. The lowest BCUT2D eigenvalue weighted by molar-refractivity contribution is -0.391. The molecule has 0 saturated carbocycles. The van der Waals surface area contributed by atoms with Gasteiger partial charge in [-0.05, 0) is 47.3 Å². The van der Waals surface area contributed by atoms with Crippen LogP contribution in [-0.4, -0.2) is 91.8 Å². The SMILES string of the molecule is CC[C@H](C)[C@H](O[Si](CC)(CC)CC)C(=O)N[C@H]1Cc2cccc(c2)-c2cccc3c2NC(=O)[C@@]3(O)[C@]2(O)OC(c3ccc(OC)cc3)OC[C@H]2NC(=O)[C@H](CC(N)=O)NC1=O. The van der Waals surface area contributed by atoms with Crippen LogP contribution in [0.1, 0.15) is 70.4 Å². The number of benzene rings is 3. The summed E-state index contributed by atoms with van der Waals surface area (Å²) in [7, 11) is -0.816. The lowest BCUT2D eigenvalue weighted by atomic mass is 9.80. The van der Waals surface area contributed by atoms with E-state index in [1.54, 1.807) is 60.7 Å². The van der Waals surface area contributed by atoms with E-state index < -0.39 is 92.8 Å². The number of aliphatic hydroxyl groups is 2. The maximum atomic E-state index is 14.4. The van der Waals surface area contributed by atoms with Crippen molar-refractivity contribution in [2.45, 2.75) is 114 Å². The number of fused-ring (bicyclic) bond motifs is 5. The smallest absolute Gasteiger partial charge is 0.266 e. The second-order valence-corrected chi connectivity index (χ2v) is 20.8. The molecule has 6 bridgehead atoms. The molecule has 0 radical (unpaired) electrons. The van der Waals surface area contributed by atoms with E-state index in [1.165, 1.54) is 13.2 Å². The van der Waals surface area contributed by atoms with Gasteiger partial charge in [0.1, 0.15) is 30.0 Å². The van der Waals surface area contributed by atoms with Gasteiger partial charge >= 0.3 is 0 Å². The zero-order valence-electron chi connectivity index (χ0n) is 35.4. The number of ether oxygens (including phenoxy) is 3. The van der Waals surface area contributed by atoms with E-state index in [9.17, 15) is 34.2 Å². The molecule has 3 aromatic carbocycles. The third kappa shape index (κ3) is 8.80. The predicted octanol–water partition coefficient (Wildman–Crippen LogP) is 3.26. The molecule has 1 fully saturated rings. The zero-order chi connectivity index (χ0) is 44.3. The van der Waals surface area contributed by atoms with Gasteiger partial charge in [-0.3, -0.25) is 24.0 Å². The molecule has 5 amide bonds. The lowest BCUT2D eigenvalue weighted by Crippen LogP contribution is -2.72. The van der Waals surface area contributed by atoms with Crippen molar-refractivity contribution in [3.8, 4) is 16.9 Å². The van der Waals surface area contributed by atoms with E-state index in [4.69, 9.17) is 24.4 Å². The molecule has 328 valence electrons.